The summed E-state index contributed by atoms with van der Waals surface area (Å²) in [4.78, 5) is 0. The lowest BCUT2D eigenvalue weighted by molar-refractivity contribution is -0.0180. The van der Waals surface area contributed by atoms with E-state index < -0.39 is 8.32 Å². The van der Waals surface area contributed by atoms with Gasteiger partial charge in [-0.05, 0) is 21.8 Å². The second-order valence-electron chi connectivity index (χ2n) is 12.7. The highest BCUT2D eigenvalue weighted by Gasteiger charge is 2.49. The van der Waals surface area contributed by atoms with E-state index in [2.05, 4.69) is 88.4 Å². The fraction of sp³-hybridized carbons (Fsp3) is 0.684. The molecule has 0 radical (unpaired) electrons. The first-order chi connectivity index (χ1) is 22.5. The summed E-state index contributed by atoms with van der Waals surface area (Å²) >= 11 is 0. The third kappa shape index (κ3) is 17.0. The van der Waals surface area contributed by atoms with Gasteiger partial charge in [0, 0.05) is 6.61 Å². The van der Waals surface area contributed by atoms with Crippen LogP contribution in [-0.4, -0.2) is 94.2 Å². The standard InChI is InChI=1S/C38H64O7Si/c1-5-6-7-8-9-10-11-18-23-39-24-25-40-26-27-41-28-29-42-30-31-43-32-33-44-34-35-45-46(38(2,3)4,36-19-14-12-15-20-36)37-21-16-13-17-22-37/h12-17,19-22H,5-11,18,23-35H2,1-4H3. The first-order valence-corrected chi connectivity index (χ1v) is 19.6. The van der Waals surface area contributed by atoms with Crippen molar-refractivity contribution in [3.63, 3.8) is 0 Å². The Hall–Kier alpha value is -1.62. The molecule has 0 fully saturated rings. The molecule has 2 aromatic rings. The minimum absolute atomic E-state index is 0.0426. The van der Waals surface area contributed by atoms with Crippen LogP contribution in [-0.2, 0) is 32.8 Å². The molecule has 0 spiro atoms. The second kappa shape index (κ2) is 26.3. The van der Waals surface area contributed by atoms with Gasteiger partial charge in [0.25, 0.3) is 8.32 Å². The van der Waals surface area contributed by atoms with Gasteiger partial charge in [0.2, 0.25) is 0 Å². The molecule has 0 saturated heterocycles. The summed E-state index contributed by atoms with van der Waals surface area (Å²) in [6.45, 7) is 16.6. The first kappa shape index (κ1) is 40.6. The highest BCUT2D eigenvalue weighted by atomic mass is 28.4. The predicted molar refractivity (Wildman–Crippen MR) is 191 cm³/mol. The van der Waals surface area contributed by atoms with Crippen LogP contribution in [0.15, 0.2) is 60.7 Å². The number of rotatable bonds is 30. The van der Waals surface area contributed by atoms with Crippen molar-refractivity contribution in [1.82, 2.24) is 0 Å². The normalized spacial score (nSPS) is 12.2. The summed E-state index contributed by atoms with van der Waals surface area (Å²) < 4.78 is 40.7. The van der Waals surface area contributed by atoms with Crippen LogP contribution < -0.4 is 10.4 Å². The van der Waals surface area contributed by atoms with Crippen LogP contribution in [0.4, 0.5) is 0 Å². The molecule has 2 aromatic carbocycles. The Labute approximate surface area is 281 Å². The maximum atomic E-state index is 6.85. The third-order valence-corrected chi connectivity index (χ3v) is 13.0. The maximum absolute atomic E-state index is 6.85. The van der Waals surface area contributed by atoms with Gasteiger partial charge in [-0.2, -0.15) is 0 Å². The van der Waals surface area contributed by atoms with E-state index in [4.69, 9.17) is 32.8 Å². The smallest absolute Gasteiger partial charge is 0.261 e. The molecule has 0 aliphatic carbocycles. The van der Waals surface area contributed by atoms with Gasteiger partial charge in [-0.15, -0.1) is 0 Å². The first-order valence-electron chi connectivity index (χ1n) is 17.7. The van der Waals surface area contributed by atoms with Gasteiger partial charge < -0.3 is 32.8 Å². The van der Waals surface area contributed by atoms with E-state index in [0.717, 1.165) is 13.0 Å². The number of benzene rings is 2. The Morgan fingerprint density at radius 3 is 1.11 bits per heavy atom. The van der Waals surface area contributed by atoms with Crippen LogP contribution in [0.5, 0.6) is 0 Å². The summed E-state index contributed by atoms with van der Waals surface area (Å²) in [5.41, 5.74) is 0. The number of unbranched alkanes of at least 4 members (excludes halogenated alkanes) is 7. The van der Waals surface area contributed by atoms with Crippen molar-refractivity contribution in [1.29, 1.82) is 0 Å². The zero-order valence-corrected chi connectivity index (χ0v) is 30.5. The van der Waals surface area contributed by atoms with Crippen molar-refractivity contribution >= 4 is 18.7 Å². The average Bonchev–Trinajstić information content (AvgIpc) is 3.06. The van der Waals surface area contributed by atoms with Crippen LogP contribution >= 0.6 is 0 Å². The summed E-state index contributed by atoms with van der Waals surface area (Å²) in [5.74, 6) is 0. The van der Waals surface area contributed by atoms with E-state index in [1.54, 1.807) is 0 Å². The fourth-order valence-electron chi connectivity index (χ4n) is 5.55. The van der Waals surface area contributed by atoms with Crippen LogP contribution in [0.3, 0.4) is 0 Å². The predicted octanol–water partition coefficient (Wildman–Crippen LogP) is 6.80. The van der Waals surface area contributed by atoms with Crippen molar-refractivity contribution in [3.05, 3.63) is 60.7 Å². The average molecular weight is 661 g/mol. The van der Waals surface area contributed by atoms with Gasteiger partial charge in [0.15, 0.2) is 0 Å². The van der Waals surface area contributed by atoms with Crippen LogP contribution in [0.25, 0.3) is 0 Å². The number of hydrogen-bond donors (Lipinski definition) is 0. The molecule has 0 N–H and O–H groups in total. The summed E-state index contributed by atoms with van der Waals surface area (Å²) in [6.07, 6.45) is 10.6. The van der Waals surface area contributed by atoms with Gasteiger partial charge in [-0.25, -0.2) is 0 Å². The molecule has 0 aliphatic heterocycles. The van der Waals surface area contributed by atoms with Crippen molar-refractivity contribution < 1.29 is 32.8 Å². The maximum Gasteiger partial charge on any atom is 0.261 e. The van der Waals surface area contributed by atoms with E-state index in [0.29, 0.717) is 79.3 Å². The molecule has 0 heterocycles. The highest BCUT2D eigenvalue weighted by molar-refractivity contribution is 6.99. The quantitative estimate of drug-likeness (QED) is 0.0675. The Kier molecular flexibility index (Phi) is 23.2. The Morgan fingerprint density at radius 2 is 0.739 bits per heavy atom. The van der Waals surface area contributed by atoms with E-state index >= 15 is 0 Å². The van der Waals surface area contributed by atoms with Crippen molar-refractivity contribution in [2.45, 2.75) is 84.1 Å². The molecule has 262 valence electrons. The molecule has 0 unspecified atom stereocenters. The van der Waals surface area contributed by atoms with Crippen LogP contribution in [0.1, 0.15) is 79.1 Å². The van der Waals surface area contributed by atoms with E-state index in [1.807, 2.05) is 0 Å². The molecule has 0 bridgehead atoms. The molecule has 0 aromatic heterocycles. The summed E-state index contributed by atoms with van der Waals surface area (Å²) in [7, 11) is -2.52. The second-order valence-corrected chi connectivity index (χ2v) is 17.0. The van der Waals surface area contributed by atoms with Gasteiger partial charge in [0.1, 0.15) is 0 Å². The topological polar surface area (TPSA) is 64.6 Å². The van der Waals surface area contributed by atoms with Gasteiger partial charge >= 0.3 is 0 Å². The number of ether oxygens (including phenoxy) is 6. The largest absolute Gasteiger partial charge is 0.405 e. The molecule has 7 nitrogen and oxygen atoms in total. The lowest BCUT2D eigenvalue weighted by Gasteiger charge is -2.43. The minimum Gasteiger partial charge on any atom is -0.405 e. The van der Waals surface area contributed by atoms with E-state index in [1.165, 1.54) is 55.3 Å². The van der Waals surface area contributed by atoms with E-state index in [-0.39, 0.29) is 5.04 Å². The zero-order valence-electron chi connectivity index (χ0n) is 29.5. The van der Waals surface area contributed by atoms with Crippen LogP contribution in [0.2, 0.25) is 5.04 Å². The lowest BCUT2D eigenvalue weighted by Crippen LogP contribution is -2.66. The summed E-state index contributed by atoms with van der Waals surface area (Å²) in [5, 5.41) is 2.51. The lowest BCUT2D eigenvalue weighted by atomic mass is 10.1. The van der Waals surface area contributed by atoms with Gasteiger partial charge in [-0.1, -0.05) is 133 Å². The molecular weight excluding hydrogens is 596 g/mol. The number of hydrogen-bond acceptors (Lipinski definition) is 7. The van der Waals surface area contributed by atoms with Crippen molar-refractivity contribution in [2.24, 2.45) is 0 Å². The third-order valence-electron chi connectivity index (χ3n) is 7.97. The molecule has 46 heavy (non-hydrogen) atoms. The molecule has 0 aliphatic rings. The summed E-state index contributed by atoms with van der Waals surface area (Å²) in [6, 6.07) is 21.4. The van der Waals surface area contributed by atoms with Gasteiger partial charge in [-0.3, -0.25) is 0 Å². The molecule has 0 atom stereocenters. The molecule has 8 heteroatoms. The highest BCUT2D eigenvalue weighted by Crippen LogP contribution is 2.36. The SMILES string of the molecule is CCCCCCCCCCOCCOCCOCCOCCOCCOCCO[Si](c1ccccc1)(c1ccccc1)C(C)(C)C. The minimum atomic E-state index is -2.52. The molecule has 2 rings (SSSR count). The van der Waals surface area contributed by atoms with E-state index in [9.17, 15) is 0 Å². The monoisotopic (exact) mass is 660 g/mol. The Balaban J connectivity index is 1.40. The van der Waals surface area contributed by atoms with Crippen molar-refractivity contribution in [3.8, 4) is 0 Å². The van der Waals surface area contributed by atoms with Gasteiger partial charge in [0.05, 0.1) is 79.3 Å². The molecule has 0 amide bonds. The molecular formula is C38H64O7Si. The Morgan fingerprint density at radius 1 is 0.413 bits per heavy atom. The zero-order chi connectivity index (χ0) is 33.0. The molecule has 0 saturated carbocycles. The Bertz CT molecular complexity index is 900. The fourth-order valence-corrected chi connectivity index (χ4v) is 10.1. The van der Waals surface area contributed by atoms with Crippen molar-refractivity contribution in [2.75, 3.05) is 85.9 Å². The van der Waals surface area contributed by atoms with Crippen LogP contribution in [0, 0.1) is 0 Å².